The summed E-state index contributed by atoms with van der Waals surface area (Å²) in [5.74, 6) is -9.90. The van der Waals surface area contributed by atoms with Crippen LogP contribution in [0.4, 0.5) is 0 Å². The van der Waals surface area contributed by atoms with Gasteiger partial charge in [0.15, 0.2) is 6.04 Å². The molecule has 1 fully saturated rings. The monoisotopic (exact) mass is 1080 g/mol. The number of aromatic nitrogens is 1. The molecule has 0 saturated carbocycles. The molecule has 3 aromatic carbocycles. The van der Waals surface area contributed by atoms with Crippen molar-refractivity contribution < 1.29 is 68.4 Å². The Bertz CT molecular complexity index is 2770. The van der Waals surface area contributed by atoms with E-state index in [2.05, 4.69) is 42.2 Å². The molecule has 420 valence electrons. The zero-order valence-corrected chi connectivity index (χ0v) is 43.4. The number of para-hydroxylation sites is 1. The fourth-order valence-electron chi connectivity index (χ4n) is 8.76. The number of aliphatic hydroxyl groups is 2. The van der Waals surface area contributed by atoms with E-state index in [9.17, 15) is 68.4 Å². The summed E-state index contributed by atoms with van der Waals surface area (Å²) in [6.45, 7) is 2.75. The van der Waals surface area contributed by atoms with E-state index in [1.807, 2.05) is 0 Å². The number of fused-ring (bicyclic) bond motifs is 1. The third-order valence-electron chi connectivity index (χ3n) is 13.1. The summed E-state index contributed by atoms with van der Waals surface area (Å²) >= 11 is 0. The number of phenols is 1. The van der Waals surface area contributed by atoms with Crippen LogP contribution in [-0.4, -0.2) is 164 Å². The lowest BCUT2D eigenvalue weighted by atomic mass is 9.99. The van der Waals surface area contributed by atoms with E-state index in [1.54, 1.807) is 74.6 Å². The molecule has 5 rings (SSSR count). The minimum Gasteiger partial charge on any atom is -0.508 e. The number of nitrogens with two attached hydrogens (primary N) is 2. The van der Waals surface area contributed by atoms with Crippen LogP contribution < -0.4 is 48.7 Å². The third kappa shape index (κ3) is 17.3. The van der Waals surface area contributed by atoms with Crippen LogP contribution in [0.1, 0.15) is 63.1 Å². The number of amides is 9. The van der Waals surface area contributed by atoms with Crippen molar-refractivity contribution in [2.75, 3.05) is 19.7 Å². The number of phenolic OH excluding ortho intramolecular Hbond substituents is 1. The van der Waals surface area contributed by atoms with Crippen LogP contribution in [0.3, 0.4) is 0 Å². The van der Waals surface area contributed by atoms with E-state index in [4.69, 9.17) is 11.5 Å². The molecule has 0 spiro atoms. The van der Waals surface area contributed by atoms with Crippen molar-refractivity contribution in [2.45, 2.75) is 120 Å². The minimum atomic E-state index is -1.71. The predicted molar refractivity (Wildman–Crippen MR) is 281 cm³/mol. The van der Waals surface area contributed by atoms with E-state index < -0.39 is 133 Å². The average Bonchev–Trinajstić information content (AvgIpc) is 4.07. The van der Waals surface area contributed by atoms with Gasteiger partial charge in [-0.25, -0.2) is 4.79 Å². The smallest absolute Gasteiger partial charge is 0.328 e. The van der Waals surface area contributed by atoms with Crippen molar-refractivity contribution in [2.24, 2.45) is 17.4 Å². The second-order valence-corrected chi connectivity index (χ2v) is 19.4. The number of carbonyl (C=O) groups excluding carboxylic acids is 9. The number of hydrogen-bond donors (Lipinski definition) is 14. The van der Waals surface area contributed by atoms with Gasteiger partial charge in [0.1, 0.15) is 42.0 Å². The first-order chi connectivity index (χ1) is 37.1. The molecule has 0 unspecified atom stereocenters. The number of rotatable bonds is 28. The third-order valence-corrected chi connectivity index (χ3v) is 13.1. The predicted octanol–water partition coefficient (Wildman–Crippen LogP) is -2.38. The highest BCUT2D eigenvalue weighted by atomic mass is 16.4. The number of primary amides is 1. The molecule has 0 bridgehead atoms. The number of nitrogens with one attached hydrogen (secondary N) is 8. The van der Waals surface area contributed by atoms with Crippen molar-refractivity contribution in [3.8, 4) is 5.75 Å². The molecule has 25 heteroatoms. The molecule has 0 aliphatic carbocycles. The summed E-state index contributed by atoms with van der Waals surface area (Å²) in [6.07, 6.45) is -0.135. The summed E-state index contributed by atoms with van der Waals surface area (Å²) in [7, 11) is 0. The molecule has 78 heavy (non-hydrogen) atoms. The van der Waals surface area contributed by atoms with E-state index in [0.29, 0.717) is 17.5 Å². The number of hydrogen-bond acceptors (Lipinski definition) is 14. The second kappa shape index (κ2) is 28.6. The largest absolute Gasteiger partial charge is 0.508 e. The van der Waals surface area contributed by atoms with Crippen LogP contribution in [0.2, 0.25) is 0 Å². The number of likely N-dealkylation sites (tertiary alicyclic amines) is 1. The maximum Gasteiger partial charge on any atom is 0.328 e. The molecule has 4 aromatic rings. The number of aromatic hydroxyl groups is 1. The molecule has 1 aliphatic rings. The van der Waals surface area contributed by atoms with Gasteiger partial charge in [0.25, 0.3) is 0 Å². The number of carboxylic acid groups (broad SMARTS) is 1. The van der Waals surface area contributed by atoms with Crippen LogP contribution in [0.15, 0.2) is 85.1 Å². The quantitative estimate of drug-likeness (QED) is 0.0283. The number of aliphatic hydroxyl groups excluding tert-OH is 2. The fourth-order valence-corrected chi connectivity index (χ4v) is 8.76. The van der Waals surface area contributed by atoms with Gasteiger partial charge in [-0.2, -0.15) is 0 Å². The van der Waals surface area contributed by atoms with Crippen LogP contribution >= 0.6 is 0 Å². The van der Waals surface area contributed by atoms with Crippen molar-refractivity contribution in [3.63, 3.8) is 0 Å². The Morgan fingerprint density at radius 1 is 0.692 bits per heavy atom. The van der Waals surface area contributed by atoms with Crippen LogP contribution in [0.5, 0.6) is 5.75 Å². The maximum atomic E-state index is 14.5. The average molecular weight is 1080 g/mol. The Hall–Kier alpha value is -8.42. The summed E-state index contributed by atoms with van der Waals surface area (Å²) in [5, 5.41) is 58.1. The topological polar surface area (TPSA) is 407 Å². The molecular formula is C53H69N11O14. The Balaban J connectivity index is 1.27. The number of carbonyl (C=O) groups is 10. The highest BCUT2D eigenvalue weighted by Gasteiger charge is 2.41. The molecule has 16 N–H and O–H groups in total. The van der Waals surface area contributed by atoms with Crippen molar-refractivity contribution in [1.29, 1.82) is 0 Å². The molecule has 25 nitrogen and oxygen atoms in total. The first-order valence-corrected chi connectivity index (χ1v) is 25.4. The lowest BCUT2D eigenvalue weighted by Crippen LogP contribution is -2.61. The number of aliphatic carboxylic acids is 1. The SMILES string of the molecule is CC(C)[C@H](NC(=O)[C@H](Cc1ccc(O)cc1)NC(=O)[C@H](CO)NC(=O)CNC(=O)[C@H](CCC(N)=O)NC(=O)[C@@H](N)Cc1ccccc1)C(=O)N1CCC[C@H]1C(=O)N[C@@H](Cc1c[nH]c2ccccc12)C(=O)N[C@H](C(=O)O)[C@@H](C)O. The lowest BCUT2D eigenvalue weighted by Gasteiger charge is -2.32. The zero-order valence-electron chi connectivity index (χ0n) is 43.4. The first kappa shape index (κ1) is 60.4. The minimum absolute atomic E-state index is 0.0655. The number of aromatic amines is 1. The van der Waals surface area contributed by atoms with E-state index in [-0.39, 0.29) is 50.8 Å². The summed E-state index contributed by atoms with van der Waals surface area (Å²) in [4.78, 5) is 138. The maximum absolute atomic E-state index is 14.5. The molecule has 1 aliphatic heterocycles. The Morgan fingerprint density at radius 3 is 1.92 bits per heavy atom. The van der Waals surface area contributed by atoms with Gasteiger partial charge in [0, 0.05) is 42.9 Å². The number of carboxylic acids is 1. The summed E-state index contributed by atoms with van der Waals surface area (Å²) in [6, 6.07) is 10.4. The highest BCUT2D eigenvalue weighted by Crippen LogP contribution is 2.23. The molecule has 2 heterocycles. The second-order valence-electron chi connectivity index (χ2n) is 19.4. The van der Waals surface area contributed by atoms with Gasteiger partial charge >= 0.3 is 5.97 Å². The van der Waals surface area contributed by atoms with E-state index in [1.165, 1.54) is 36.1 Å². The Labute approximate surface area is 449 Å². The van der Waals surface area contributed by atoms with Crippen molar-refractivity contribution >= 4 is 70.0 Å². The standard InChI is InChI=1S/C53H69N11O14/c1-28(2)44(52(76)64-21-9-14-41(64)51(75)61-39(49(73)63-45(29(3)66)53(77)78)24-32-25-56-36-13-8-7-12-34(32)36)62-48(72)38(23-31-15-17-33(67)18-16-31)60-50(74)40(27-65)58-43(69)26-57-47(71)37(19-20-42(55)68)59-46(70)35(54)22-30-10-5-4-6-11-30/h4-8,10-13,15-18,25,28-29,35,37-41,44-45,56,65-67H,9,14,19-24,26-27,54H2,1-3H3,(H2,55,68)(H,57,71)(H,58,69)(H,59,70)(H,60,74)(H,61,75)(H,62,72)(H,63,73)(H,77,78)/t29-,35+,37+,38+,39+,40+,41+,44+,45+/m1/s1. The van der Waals surface area contributed by atoms with Gasteiger partial charge in [-0.1, -0.05) is 74.5 Å². The zero-order chi connectivity index (χ0) is 57.2. The molecule has 1 saturated heterocycles. The Morgan fingerprint density at radius 2 is 1.29 bits per heavy atom. The fraction of sp³-hybridized carbons (Fsp3) is 0.434. The summed E-state index contributed by atoms with van der Waals surface area (Å²) < 4.78 is 0. The van der Waals surface area contributed by atoms with Gasteiger partial charge in [0.2, 0.25) is 53.2 Å². The Kier molecular flexibility index (Phi) is 22.2. The van der Waals surface area contributed by atoms with Gasteiger partial charge < -0.3 is 79.0 Å². The van der Waals surface area contributed by atoms with Crippen molar-refractivity contribution in [3.05, 3.63) is 102 Å². The van der Waals surface area contributed by atoms with Crippen LogP contribution in [-0.2, 0) is 67.2 Å². The number of benzene rings is 3. The highest BCUT2D eigenvalue weighted by molar-refractivity contribution is 5.98. The van der Waals surface area contributed by atoms with E-state index >= 15 is 0 Å². The van der Waals surface area contributed by atoms with Crippen LogP contribution in [0.25, 0.3) is 10.9 Å². The van der Waals surface area contributed by atoms with Gasteiger partial charge in [-0.15, -0.1) is 0 Å². The summed E-state index contributed by atoms with van der Waals surface area (Å²) in [5.41, 5.74) is 13.9. The van der Waals surface area contributed by atoms with Gasteiger partial charge in [0.05, 0.1) is 25.3 Å². The molecule has 9 amide bonds. The molecule has 9 atom stereocenters. The molecule has 0 radical (unpaired) electrons. The molecular weight excluding hydrogens is 1010 g/mol. The van der Waals surface area contributed by atoms with Gasteiger partial charge in [-0.3, -0.25) is 43.2 Å². The molecule has 1 aromatic heterocycles. The lowest BCUT2D eigenvalue weighted by molar-refractivity contribution is -0.146. The van der Waals surface area contributed by atoms with Crippen molar-refractivity contribution in [1.82, 2.24) is 47.1 Å². The number of H-pyrrole nitrogens is 1. The number of nitrogens with zero attached hydrogens (tertiary/aromatic N) is 1. The first-order valence-electron chi connectivity index (χ1n) is 25.4. The van der Waals surface area contributed by atoms with E-state index in [0.717, 1.165) is 16.5 Å². The van der Waals surface area contributed by atoms with Crippen LogP contribution in [0, 0.1) is 5.92 Å². The normalized spacial score (nSPS) is 16.2. The van der Waals surface area contributed by atoms with Gasteiger partial charge in [-0.05, 0) is 73.4 Å².